The van der Waals surface area contributed by atoms with E-state index in [2.05, 4.69) is 34.9 Å². The van der Waals surface area contributed by atoms with Crippen LogP contribution < -0.4 is 10.6 Å². The van der Waals surface area contributed by atoms with Crippen LogP contribution in [0.1, 0.15) is 69.9 Å². The van der Waals surface area contributed by atoms with Gasteiger partial charge in [0.05, 0.1) is 5.41 Å². The number of rotatable bonds is 7. The molecule has 7 nitrogen and oxygen atoms in total. The molecule has 1 fully saturated rings. The average Bonchev–Trinajstić information content (AvgIpc) is 3.17. The molecular formula is C28H34N2O5. The number of alkyl carbamates (subject to hydrolysis) is 1. The van der Waals surface area contributed by atoms with E-state index in [1.807, 2.05) is 24.3 Å². The summed E-state index contributed by atoms with van der Waals surface area (Å²) in [5.74, 6) is -1.38. The number of carboxylic acids is 1. The topological polar surface area (TPSA) is 105 Å². The minimum absolute atomic E-state index is 0.0756. The Morgan fingerprint density at radius 2 is 1.66 bits per heavy atom. The van der Waals surface area contributed by atoms with E-state index in [-0.39, 0.29) is 12.5 Å². The lowest BCUT2D eigenvalue weighted by Gasteiger charge is -2.40. The second kappa shape index (κ2) is 9.72. The highest BCUT2D eigenvalue weighted by atomic mass is 16.5. The Morgan fingerprint density at radius 3 is 2.23 bits per heavy atom. The molecule has 2 aromatic rings. The summed E-state index contributed by atoms with van der Waals surface area (Å²) >= 11 is 0. The summed E-state index contributed by atoms with van der Waals surface area (Å²) in [5.41, 5.74) is 2.27. The highest BCUT2D eigenvalue weighted by molar-refractivity contribution is 5.90. The highest BCUT2D eigenvalue weighted by Gasteiger charge is 2.46. The maximum Gasteiger partial charge on any atom is 0.408 e. The molecule has 4 rings (SSSR count). The first-order valence-electron chi connectivity index (χ1n) is 12.4. The number of benzene rings is 2. The summed E-state index contributed by atoms with van der Waals surface area (Å²) in [6.07, 6.45) is 2.44. The number of fused-ring (bicyclic) bond motifs is 3. The molecule has 3 N–H and O–H groups in total. The quantitative estimate of drug-likeness (QED) is 0.528. The van der Waals surface area contributed by atoms with Crippen molar-refractivity contribution in [2.75, 3.05) is 6.61 Å². The highest BCUT2D eigenvalue weighted by Crippen LogP contribution is 2.44. The van der Waals surface area contributed by atoms with Gasteiger partial charge in [0, 0.05) is 12.0 Å². The Morgan fingerprint density at radius 1 is 1.06 bits per heavy atom. The lowest BCUT2D eigenvalue weighted by atomic mass is 9.71. The zero-order valence-corrected chi connectivity index (χ0v) is 20.6. The van der Waals surface area contributed by atoms with Gasteiger partial charge in [-0.25, -0.2) is 4.79 Å². The molecule has 35 heavy (non-hydrogen) atoms. The fourth-order valence-corrected chi connectivity index (χ4v) is 5.30. The van der Waals surface area contributed by atoms with Gasteiger partial charge < -0.3 is 20.5 Å². The standard InChI is InChI=1S/C28H34N2O5/c1-4-28(3,24(31)29-23-15-9-10-16-27(23,2)25(32)33)30-26(34)35-17-22-20-13-7-5-11-18(20)19-12-6-8-14-21(19)22/h5-8,11-14,22-23H,4,9-10,15-17H2,1-3H3,(H,29,31)(H,30,34)(H,32,33). The smallest absolute Gasteiger partial charge is 0.408 e. The van der Waals surface area contributed by atoms with Crippen LogP contribution in [-0.2, 0) is 14.3 Å². The first kappa shape index (κ1) is 24.8. The predicted octanol–water partition coefficient (Wildman–Crippen LogP) is 4.84. The van der Waals surface area contributed by atoms with Crippen LogP contribution in [-0.4, -0.2) is 41.3 Å². The fraction of sp³-hybridized carbons (Fsp3) is 0.464. The Labute approximate surface area is 206 Å². The van der Waals surface area contributed by atoms with Crippen molar-refractivity contribution in [3.05, 3.63) is 59.7 Å². The second-order valence-electron chi connectivity index (χ2n) is 10.1. The van der Waals surface area contributed by atoms with Gasteiger partial charge in [0.1, 0.15) is 12.1 Å². The van der Waals surface area contributed by atoms with Crippen LogP contribution in [0.2, 0.25) is 0 Å². The van der Waals surface area contributed by atoms with E-state index in [9.17, 15) is 19.5 Å². The third kappa shape index (κ3) is 4.64. The number of carbonyl (C=O) groups is 3. The molecule has 0 saturated heterocycles. The maximum atomic E-state index is 13.2. The fourth-order valence-electron chi connectivity index (χ4n) is 5.30. The van der Waals surface area contributed by atoms with E-state index in [1.54, 1.807) is 20.8 Å². The summed E-state index contributed by atoms with van der Waals surface area (Å²) in [5, 5.41) is 15.4. The first-order valence-corrected chi connectivity index (χ1v) is 12.4. The minimum atomic E-state index is -1.22. The van der Waals surface area contributed by atoms with Gasteiger partial charge >= 0.3 is 12.1 Å². The van der Waals surface area contributed by atoms with Crippen LogP contribution in [0.3, 0.4) is 0 Å². The largest absolute Gasteiger partial charge is 0.481 e. The van der Waals surface area contributed by atoms with Gasteiger partial charge in [-0.15, -0.1) is 0 Å². The normalized spacial score (nSPS) is 22.9. The van der Waals surface area contributed by atoms with E-state index in [0.29, 0.717) is 19.3 Å². The number of carboxylic acid groups (broad SMARTS) is 1. The Bertz CT molecular complexity index is 1090. The van der Waals surface area contributed by atoms with E-state index in [1.165, 1.54) is 0 Å². The van der Waals surface area contributed by atoms with E-state index in [0.717, 1.165) is 35.1 Å². The molecule has 1 saturated carbocycles. The lowest BCUT2D eigenvalue weighted by molar-refractivity contribution is -0.152. The molecule has 2 amide bonds. The molecule has 7 heteroatoms. The Hall–Kier alpha value is -3.35. The van der Waals surface area contributed by atoms with Crippen molar-refractivity contribution in [1.29, 1.82) is 0 Å². The van der Waals surface area contributed by atoms with Crippen molar-refractivity contribution in [2.45, 2.75) is 70.4 Å². The molecule has 0 bridgehead atoms. The van der Waals surface area contributed by atoms with Gasteiger partial charge in [-0.2, -0.15) is 0 Å². The molecule has 3 unspecified atom stereocenters. The molecule has 2 aliphatic rings. The van der Waals surface area contributed by atoms with Crippen molar-refractivity contribution in [3.63, 3.8) is 0 Å². The summed E-state index contributed by atoms with van der Waals surface area (Å²) < 4.78 is 5.63. The number of aliphatic carboxylic acids is 1. The molecule has 2 aliphatic carbocycles. The van der Waals surface area contributed by atoms with Gasteiger partial charge in [0.15, 0.2) is 0 Å². The lowest BCUT2D eigenvalue weighted by Crippen LogP contribution is -2.61. The van der Waals surface area contributed by atoms with Crippen LogP contribution in [0, 0.1) is 5.41 Å². The van der Waals surface area contributed by atoms with Crippen LogP contribution in [0.25, 0.3) is 11.1 Å². The van der Waals surface area contributed by atoms with Gasteiger partial charge in [0.2, 0.25) is 5.91 Å². The molecule has 186 valence electrons. The van der Waals surface area contributed by atoms with Crippen molar-refractivity contribution in [1.82, 2.24) is 10.6 Å². The van der Waals surface area contributed by atoms with Crippen molar-refractivity contribution >= 4 is 18.0 Å². The molecule has 0 radical (unpaired) electrons. The summed E-state index contributed by atoms with van der Waals surface area (Å²) in [4.78, 5) is 38.0. The van der Waals surface area contributed by atoms with E-state index in [4.69, 9.17) is 4.74 Å². The van der Waals surface area contributed by atoms with Crippen LogP contribution >= 0.6 is 0 Å². The Balaban J connectivity index is 1.42. The Kier molecular flexibility index (Phi) is 6.88. The number of amides is 2. The molecule has 0 aliphatic heterocycles. The van der Waals surface area contributed by atoms with Crippen molar-refractivity contribution in [2.24, 2.45) is 5.41 Å². The molecule has 3 atom stereocenters. The van der Waals surface area contributed by atoms with Gasteiger partial charge in [-0.3, -0.25) is 9.59 Å². The summed E-state index contributed by atoms with van der Waals surface area (Å²) in [7, 11) is 0. The van der Waals surface area contributed by atoms with Crippen LogP contribution in [0.5, 0.6) is 0 Å². The predicted molar refractivity (Wildman–Crippen MR) is 133 cm³/mol. The maximum absolute atomic E-state index is 13.2. The zero-order chi connectivity index (χ0) is 25.2. The third-order valence-corrected chi connectivity index (χ3v) is 7.93. The van der Waals surface area contributed by atoms with E-state index < -0.39 is 35.0 Å². The van der Waals surface area contributed by atoms with E-state index >= 15 is 0 Å². The number of hydrogen-bond acceptors (Lipinski definition) is 4. The number of ether oxygens (including phenoxy) is 1. The minimum Gasteiger partial charge on any atom is -0.481 e. The molecule has 2 aromatic carbocycles. The number of carbonyl (C=O) groups excluding carboxylic acids is 2. The van der Waals surface area contributed by atoms with Gasteiger partial charge in [0.25, 0.3) is 0 Å². The van der Waals surface area contributed by atoms with Crippen LogP contribution in [0.15, 0.2) is 48.5 Å². The zero-order valence-electron chi connectivity index (χ0n) is 20.6. The second-order valence-corrected chi connectivity index (χ2v) is 10.1. The van der Waals surface area contributed by atoms with Gasteiger partial charge in [-0.05, 0) is 55.4 Å². The summed E-state index contributed by atoms with van der Waals surface area (Å²) in [6, 6.07) is 15.7. The molecule has 0 heterocycles. The first-order chi connectivity index (χ1) is 16.7. The van der Waals surface area contributed by atoms with Crippen molar-refractivity contribution in [3.8, 4) is 11.1 Å². The number of hydrogen-bond donors (Lipinski definition) is 3. The third-order valence-electron chi connectivity index (χ3n) is 7.93. The van der Waals surface area contributed by atoms with Crippen molar-refractivity contribution < 1.29 is 24.2 Å². The van der Waals surface area contributed by atoms with Crippen LogP contribution in [0.4, 0.5) is 4.79 Å². The molecular weight excluding hydrogens is 444 g/mol. The number of nitrogens with one attached hydrogen (secondary N) is 2. The monoisotopic (exact) mass is 478 g/mol. The van der Waals surface area contributed by atoms with Gasteiger partial charge in [-0.1, -0.05) is 68.3 Å². The average molecular weight is 479 g/mol. The summed E-state index contributed by atoms with van der Waals surface area (Å²) in [6.45, 7) is 5.29. The molecule has 0 spiro atoms. The molecule has 0 aromatic heterocycles. The SMILES string of the molecule is CCC(C)(NC(=O)OCC1c2ccccc2-c2ccccc21)C(=O)NC1CCCCC1(C)C(=O)O.